The summed E-state index contributed by atoms with van der Waals surface area (Å²) in [5.41, 5.74) is 1.96. The van der Waals surface area contributed by atoms with Crippen molar-refractivity contribution in [1.29, 1.82) is 0 Å². The Labute approximate surface area is 108 Å². The third-order valence-electron chi connectivity index (χ3n) is 1.99. The van der Waals surface area contributed by atoms with Crippen molar-refractivity contribution in [3.63, 3.8) is 0 Å². The Morgan fingerprint density at radius 1 is 1.32 bits per heavy atom. The van der Waals surface area contributed by atoms with Gasteiger partial charge in [-0.1, -0.05) is 6.07 Å². The fraction of sp³-hybridized carbons (Fsp3) is 0.0833. The summed E-state index contributed by atoms with van der Waals surface area (Å²) in [6, 6.07) is 3.15. The van der Waals surface area contributed by atoms with E-state index in [0.29, 0.717) is 6.29 Å². The second kappa shape index (κ2) is 7.00. The predicted octanol–water partition coefficient (Wildman–Crippen LogP) is 1.33. The van der Waals surface area contributed by atoms with E-state index in [1.165, 1.54) is 19.2 Å². The summed E-state index contributed by atoms with van der Waals surface area (Å²) >= 11 is 0. The Hall–Kier alpha value is -2.57. The Kier molecular flexibility index (Phi) is 5.34. The van der Waals surface area contributed by atoms with Crippen LogP contribution < -0.4 is 10.7 Å². The zero-order valence-corrected chi connectivity index (χ0v) is 9.98. The zero-order chi connectivity index (χ0) is 14.3. The molecule has 0 fully saturated rings. The van der Waals surface area contributed by atoms with Gasteiger partial charge in [0.15, 0.2) is 6.29 Å². The average Bonchev–Trinajstić information content (AvgIpc) is 2.34. The highest BCUT2D eigenvalue weighted by Gasteiger charge is 2.16. The average molecular weight is 267 g/mol. The highest BCUT2D eigenvalue weighted by Crippen LogP contribution is 2.12. The zero-order valence-electron chi connectivity index (χ0n) is 9.98. The number of benzene rings is 1. The van der Waals surface area contributed by atoms with Crippen molar-refractivity contribution in [1.82, 2.24) is 10.7 Å². The number of nitrogens with one attached hydrogen (secondary N) is 2. The molecular weight excluding hydrogens is 256 g/mol. The molecule has 1 aromatic rings. The molecule has 0 radical (unpaired) electrons. The summed E-state index contributed by atoms with van der Waals surface area (Å²) in [4.78, 5) is 21.6. The summed E-state index contributed by atoms with van der Waals surface area (Å²) in [5.74, 6) is -2.81. The van der Waals surface area contributed by atoms with Crippen molar-refractivity contribution < 1.29 is 18.4 Å². The molecule has 2 N–H and O–H groups in total. The molecule has 0 saturated heterocycles. The van der Waals surface area contributed by atoms with Gasteiger partial charge in [-0.25, -0.2) is 8.78 Å². The van der Waals surface area contributed by atoms with Crippen LogP contribution in [-0.2, 0) is 4.79 Å². The second-order valence-corrected chi connectivity index (χ2v) is 3.42. The number of rotatable bonds is 5. The minimum absolute atomic E-state index is 0.274. The highest BCUT2D eigenvalue weighted by atomic mass is 19.1. The summed E-state index contributed by atoms with van der Waals surface area (Å²) in [7, 11) is 0. The van der Waals surface area contributed by atoms with Gasteiger partial charge < -0.3 is 5.32 Å². The normalized spacial score (nSPS) is 11.4. The summed E-state index contributed by atoms with van der Waals surface area (Å²) < 4.78 is 26.6. The van der Waals surface area contributed by atoms with E-state index in [4.69, 9.17) is 0 Å². The van der Waals surface area contributed by atoms with E-state index in [-0.39, 0.29) is 5.70 Å². The SMILES string of the molecule is C/C(=C\N/N=C/C=O)NC(=O)c1c(F)cccc1F. The van der Waals surface area contributed by atoms with Crippen molar-refractivity contribution in [2.75, 3.05) is 0 Å². The van der Waals surface area contributed by atoms with E-state index in [0.717, 1.165) is 18.3 Å². The van der Waals surface area contributed by atoms with Gasteiger partial charge in [0.05, 0.1) is 6.21 Å². The molecule has 0 atom stereocenters. The lowest BCUT2D eigenvalue weighted by atomic mass is 10.2. The maximum Gasteiger partial charge on any atom is 0.261 e. The molecule has 0 saturated carbocycles. The van der Waals surface area contributed by atoms with Gasteiger partial charge in [0.2, 0.25) is 0 Å². The lowest BCUT2D eigenvalue weighted by Crippen LogP contribution is -2.24. The minimum atomic E-state index is -0.947. The molecule has 1 amide bonds. The minimum Gasteiger partial charge on any atom is -0.324 e. The van der Waals surface area contributed by atoms with Gasteiger partial charge in [-0.3, -0.25) is 15.0 Å². The van der Waals surface area contributed by atoms with Gasteiger partial charge in [-0.15, -0.1) is 0 Å². The molecule has 0 aliphatic rings. The molecule has 1 aromatic carbocycles. The number of hydrazone groups is 1. The second-order valence-electron chi connectivity index (χ2n) is 3.42. The van der Waals surface area contributed by atoms with E-state index in [1.54, 1.807) is 0 Å². The number of amides is 1. The summed E-state index contributed by atoms with van der Waals surface area (Å²) in [6.45, 7) is 1.49. The fourth-order valence-electron chi connectivity index (χ4n) is 1.20. The summed E-state index contributed by atoms with van der Waals surface area (Å²) in [5, 5.41) is 5.70. The predicted molar refractivity (Wildman–Crippen MR) is 65.3 cm³/mol. The summed E-state index contributed by atoms with van der Waals surface area (Å²) in [6.07, 6.45) is 2.68. The molecule has 5 nitrogen and oxygen atoms in total. The Bertz CT molecular complexity index is 522. The van der Waals surface area contributed by atoms with E-state index in [2.05, 4.69) is 15.8 Å². The number of allylic oxidation sites excluding steroid dienone is 1. The monoisotopic (exact) mass is 267 g/mol. The molecule has 0 aromatic heterocycles. The Balaban J connectivity index is 2.74. The number of nitrogens with zero attached hydrogens (tertiary/aromatic N) is 1. The van der Waals surface area contributed by atoms with Gasteiger partial charge >= 0.3 is 0 Å². The smallest absolute Gasteiger partial charge is 0.261 e. The van der Waals surface area contributed by atoms with Crippen LogP contribution in [0.5, 0.6) is 0 Å². The number of hydrogen-bond acceptors (Lipinski definition) is 4. The molecule has 7 heteroatoms. The molecule has 0 bridgehead atoms. The van der Waals surface area contributed by atoms with Gasteiger partial charge in [0.1, 0.15) is 17.2 Å². The molecule has 0 aliphatic carbocycles. The largest absolute Gasteiger partial charge is 0.324 e. The van der Waals surface area contributed by atoms with Crippen LogP contribution in [0.15, 0.2) is 35.2 Å². The molecule has 19 heavy (non-hydrogen) atoms. The number of aldehydes is 1. The van der Waals surface area contributed by atoms with Crippen LogP contribution in [0, 0.1) is 11.6 Å². The van der Waals surface area contributed by atoms with Crippen LogP contribution in [0.1, 0.15) is 17.3 Å². The third-order valence-corrected chi connectivity index (χ3v) is 1.99. The van der Waals surface area contributed by atoms with E-state index in [1.807, 2.05) is 0 Å². The van der Waals surface area contributed by atoms with Crippen molar-refractivity contribution in [3.8, 4) is 0 Å². The van der Waals surface area contributed by atoms with E-state index < -0.39 is 23.1 Å². The van der Waals surface area contributed by atoms with Gasteiger partial charge in [0.25, 0.3) is 5.91 Å². The fourth-order valence-corrected chi connectivity index (χ4v) is 1.20. The van der Waals surface area contributed by atoms with Crippen molar-refractivity contribution in [3.05, 3.63) is 47.3 Å². The molecular formula is C12H11F2N3O2. The molecule has 0 aliphatic heterocycles. The standard InChI is InChI=1S/C12H11F2N3O2/c1-8(7-16-15-5-6-18)17-12(19)11-9(13)3-2-4-10(11)14/h2-7,16H,1H3,(H,17,19)/b8-7+,15-5+. The molecule has 0 spiro atoms. The molecule has 100 valence electrons. The lowest BCUT2D eigenvalue weighted by Gasteiger charge is -2.06. The number of carbonyl (C=O) groups excluding carboxylic acids is 2. The van der Waals surface area contributed by atoms with Gasteiger partial charge in [-0.05, 0) is 19.1 Å². The Morgan fingerprint density at radius 3 is 2.53 bits per heavy atom. The van der Waals surface area contributed by atoms with E-state index in [9.17, 15) is 18.4 Å². The molecule has 0 heterocycles. The molecule has 0 unspecified atom stereocenters. The Morgan fingerprint density at radius 2 is 1.95 bits per heavy atom. The van der Waals surface area contributed by atoms with Crippen LogP contribution >= 0.6 is 0 Å². The quantitative estimate of drug-likeness (QED) is 0.480. The maximum atomic E-state index is 13.3. The maximum absolute atomic E-state index is 13.3. The van der Waals surface area contributed by atoms with Crippen LogP contribution in [0.3, 0.4) is 0 Å². The lowest BCUT2D eigenvalue weighted by molar-refractivity contribution is -0.102. The first kappa shape index (κ1) is 14.5. The van der Waals surface area contributed by atoms with Crippen LogP contribution in [0.2, 0.25) is 0 Å². The first-order valence-corrected chi connectivity index (χ1v) is 5.20. The van der Waals surface area contributed by atoms with Crippen LogP contribution in [0.25, 0.3) is 0 Å². The van der Waals surface area contributed by atoms with Gasteiger partial charge in [0, 0.05) is 11.9 Å². The van der Waals surface area contributed by atoms with Crippen molar-refractivity contribution in [2.24, 2.45) is 5.10 Å². The number of carbonyl (C=O) groups is 2. The molecule has 1 rings (SSSR count). The van der Waals surface area contributed by atoms with Gasteiger partial charge in [-0.2, -0.15) is 5.10 Å². The first-order valence-electron chi connectivity index (χ1n) is 5.20. The van der Waals surface area contributed by atoms with Crippen molar-refractivity contribution in [2.45, 2.75) is 6.92 Å². The highest BCUT2D eigenvalue weighted by molar-refractivity contribution is 6.12. The number of hydrogen-bond donors (Lipinski definition) is 2. The number of halogens is 2. The third kappa shape index (κ3) is 4.30. The van der Waals surface area contributed by atoms with E-state index >= 15 is 0 Å². The van der Waals surface area contributed by atoms with Crippen molar-refractivity contribution >= 4 is 18.4 Å². The first-order chi connectivity index (χ1) is 9.06. The van der Waals surface area contributed by atoms with Crippen LogP contribution in [0.4, 0.5) is 8.78 Å². The topological polar surface area (TPSA) is 70.6 Å². The van der Waals surface area contributed by atoms with Crippen LogP contribution in [-0.4, -0.2) is 18.4 Å².